The Labute approximate surface area is 82.2 Å². The van der Waals surface area contributed by atoms with Crippen molar-refractivity contribution in [2.24, 2.45) is 5.16 Å². The number of pyridine rings is 1. The molecular weight excluding hydrogens is 278 g/mol. The van der Waals surface area contributed by atoms with Crippen LogP contribution in [-0.4, -0.2) is 16.4 Å². The van der Waals surface area contributed by atoms with Gasteiger partial charge in [0.15, 0.2) is 0 Å². The Hall–Kier alpha value is -0.360. The van der Waals surface area contributed by atoms with E-state index >= 15 is 0 Å². The van der Waals surface area contributed by atoms with E-state index in [2.05, 4.69) is 10.1 Å². The lowest BCUT2D eigenvalue weighted by Crippen LogP contribution is -1.88. The summed E-state index contributed by atoms with van der Waals surface area (Å²) in [6.45, 7) is 0. The smallest absolute Gasteiger partial charge is 0.139 e. The van der Waals surface area contributed by atoms with Gasteiger partial charge in [0.1, 0.15) is 8.85 Å². The average molecular weight is 282 g/mol. The van der Waals surface area contributed by atoms with Crippen LogP contribution in [-0.2, 0) is 0 Å². The Balaban J connectivity index is 3.09. The van der Waals surface area contributed by atoms with Gasteiger partial charge in [0.25, 0.3) is 0 Å². The maximum atomic E-state index is 8.19. The minimum Gasteiger partial charge on any atom is -0.411 e. The molecule has 1 rings (SSSR count). The number of oxime groups is 1. The van der Waals surface area contributed by atoms with Gasteiger partial charge >= 0.3 is 0 Å². The van der Waals surface area contributed by atoms with Gasteiger partial charge in [-0.15, -0.1) is 0 Å². The molecule has 0 unspecified atom stereocenters. The minimum atomic E-state index is 0.342. The first-order valence-corrected chi connectivity index (χ1v) is 4.19. The molecule has 5 heteroatoms. The predicted molar refractivity (Wildman–Crippen MR) is 51.3 cm³/mol. The summed E-state index contributed by atoms with van der Waals surface area (Å²) in [7, 11) is 0. The number of halogens is 2. The van der Waals surface area contributed by atoms with Crippen LogP contribution in [0, 0.1) is 3.70 Å². The van der Waals surface area contributed by atoms with Crippen LogP contribution < -0.4 is 0 Å². The third-order valence-corrected chi connectivity index (χ3v) is 1.94. The van der Waals surface area contributed by atoms with Gasteiger partial charge in [0.05, 0.1) is 6.21 Å². The molecule has 58 valence electrons. The first-order valence-electron chi connectivity index (χ1n) is 2.73. The molecule has 1 N–H and O–H groups in total. The summed E-state index contributed by atoms with van der Waals surface area (Å²) in [5, 5.41) is 11.4. The molecule has 0 radical (unpaired) electrons. The maximum absolute atomic E-state index is 8.19. The van der Waals surface area contributed by atoms with Crippen molar-refractivity contribution < 1.29 is 5.21 Å². The van der Waals surface area contributed by atoms with Crippen LogP contribution in [0.4, 0.5) is 0 Å². The number of nitrogens with zero attached hydrogens (tertiary/aromatic N) is 2. The van der Waals surface area contributed by atoms with Crippen molar-refractivity contribution in [3.05, 3.63) is 26.5 Å². The van der Waals surface area contributed by atoms with Crippen LogP contribution in [0.2, 0.25) is 5.15 Å². The minimum absolute atomic E-state index is 0.342. The zero-order chi connectivity index (χ0) is 8.27. The fourth-order valence-electron chi connectivity index (χ4n) is 0.581. The van der Waals surface area contributed by atoms with Gasteiger partial charge in [-0.05, 0) is 34.7 Å². The van der Waals surface area contributed by atoms with Crippen molar-refractivity contribution in [3.8, 4) is 0 Å². The Morgan fingerprint density at radius 3 is 2.91 bits per heavy atom. The molecule has 0 aliphatic rings. The fourth-order valence-corrected chi connectivity index (χ4v) is 1.35. The summed E-state index contributed by atoms with van der Waals surface area (Å²) < 4.78 is 0.808. The van der Waals surface area contributed by atoms with Crippen molar-refractivity contribution in [2.45, 2.75) is 0 Å². The molecule has 0 amide bonds. The highest BCUT2D eigenvalue weighted by Crippen LogP contribution is 2.12. The third-order valence-electron chi connectivity index (χ3n) is 1.04. The highest BCUT2D eigenvalue weighted by molar-refractivity contribution is 14.1. The Morgan fingerprint density at radius 1 is 1.64 bits per heavy atom. The molecule has 0 aromatic carbocycles. The van der Waals surface area contributed by atoms with Crippen molar-refractivity contribution >= 4 is 40.4 Å². The second-order valence-electron chi connectivity index (χ2n) is 1.76. The number of hydrogen-bond donors (Lipinski definition) is 1. The molecular formula is C6H4ClIN2O. The zero-order valence-corrected chi connectivity index (χ0v) is 8.24. The van der Waals surface area contributed by atoms with E-state index < -0.39 is 0 Å². The van der Waals surface area contributed by atoms with Gasteiger partial charge in [0.2, 0.25) is 0 Å². The Bertz CT molecular complexity index is 290. The number of hydrogen-bond acceptors (Lipinski definition) is 3. The number of rotatable bonds is 1. The summed E-state index contributed by atoms with van der Waals surface area (Å²) in [4.78, 5) is 3.94. The van der Waals surface area contributed by atoms with Crippen LogP contribution in [0.15, 0.2) is 17.3 Å². The first-order chi connectivity index (χ1) is 5.24. The van der Waals surface area contributed by atoms with Crippen LogP contribution in [0.25, 0.3) is 0 Å². The summed E-state index contributed by atoms with van der Waals surface area (Å²) >= 11 is 7.74. The molecule has 0 saturated heterocycles. The second-order valence-corrected chi connectivity index (χ2v) is 3.22. The molecule has 0 bridgehead atoms. The van der Waals surface area contributed by atoms with E-state index in [1.807, 2.05) is 22.6 Å². The molecule has 0 atom stereocenters. The summed E-state index contributed by atoms with van der Waals surface area (Å²) in [6, 6.07) is 3.51. The lowest BCUT2D eigenvalue weighted by molar-refractivity contribution is 0.322. The SMILES string of the molecule is ON=Cc1ccc(I)nc1Cl. The topological polar surface area (TPSA) is 45.5 Å². The van der Waals surface area contributed by atoms with Gasteiger partial charge in [-0.25, -0.2) is 4.98 Å². The van der Waals surface area contributed by atoms with E-state index in [-0.39, 0.29) is 0 Å². The first kappa shape index (κ1) is 8.73. The Kier molecular flexibility index (Phi) is 3.07. The second kappa shape index (κ2) is 3.87. The molecule has 1 aromatic heterocycles. The van der Waals surface area contributed by atoms with Crippen molar-refractivity contribution in [3.63, 3.8) is 0 Å². The molecule has 0 spiro atoms. The maximum Gasteiger partial charge on any atom is 0.139 e. The number of aromatic nitrogens is 1. The van der Waals surface area contributed by atoms with Gasteiger partial charge < -0.3 is 5.21 Å². The standard InChI is InChI=1S/C6H4ClIN2O/c7-6-4(3-9-11)1-2-5(8)10-6/h1-3,11H. The normalized spacial score (nSPS) is 10.7. The van der Waals surface area contributed by atoms with E-state index in [1.165, 1.54) is 6.21 Å². The molecule has 0 fully saturated rings. The third kappa shape index (κ3) is 2.30. The van der Waals surface area contributed by atoms with Crippen LogP contribution in [0.1, 0.15) is 5.56 Å². The van der Waals surface area contributed by atoms with Crippen molar-refractivity contribution in [1.82, 2.24) is 4.98 Å². The fraction of sp³-hybridized carbons (Fsp3) is 0. The molecule has 3 nitrogen and oxygen atoms in total. The molecule has 0 saturated carbocycles. The van der Waals surface area contributed by atoms with Crippen LogP contribution in [0.5, 0.6) is 0 Å². The molecule has 1 aromatic rings. The van der Waals surface area contributed by atoms with Crippen LogP contribution in [0.3, 0.4) is 0 Å². The largest absolute Gasteiger partial charge is 0.411 e. The molecule has 11 heavy (non-hydrogen) atoms. The average Bonchev–Trinajstić information content (AvgIpc) is 1.95. The molecule has 0 aliphatic heterocycles. The summed E-state index contributed by atoms with van der Waals surface area (Å²) in [6.07, 6.45) is 1.24. The van der Waals surface area contributed by atoms with E-state index in [0.29, 0.717) is 10.7 Å². The summed E-state index contributed by atoms with van der Waals surface area (Å²) in [5.74, 6) is 0. The van der Waals surface area contributed by atoms with Crippen LogP contribution >= 0.6 is 34.2 Å². The van der Waals surface area contributed by atoms with E-state index in [9.17, 15) is 0 Å². The van der Waals surface area contributed by atoms with E-state index in [0.717, 1.165) is 3.70 Å². The lowest BCUT2D eigenvalue weighted by atomic mass is 10.3. The van der Waals surface area contributed by atoms with E-state index in [1.54, 1.807) is 12.1 Å². The molecule has 1 heterocycles. The van der Waals surface area contributed by atoms with E-state index in [4.69, 9.17) is 16.8 Å². The monoisotopic (exact) mass is 282 g/mol. The van der Waals surface area contributed by atoms with Gasteiger partial charge in [-0.2, -0.15) is 0 Å². The summed E-state index contributed by atoms with van der Waals surface area (Å²) in [5.41, 5.74) is 0.606. The highest BCUT2D eigenvalue weighted by atomic mass is 127. The van der Waals surface area contributed by atoms with Crippen molar-refractivity contribution in [2.75, 3.05) is 0 Å². The molecule has 0 aliphatic carbocycles. The van der Waals surface area contributed by atoms with Gasteiger partial charge in [-0.1, -0.05) is 16.8 Å². The van der Waals surface area contributed by atoms with Crippen molar-refractivity contribution in [1.29, 1.82) is 0 Å². The van der Waals surface area contributed by atoms with Gasteiger partial charge in [-0.3, -0.25) is 0 Å². The highest BCUT2D eigenvalue weighted by Gasteiger charge is 1.98. The quantitative estimate of drug-likeness (QED) is 0.282. The Morgan fingerprint density at radius 2 is 2.36 bits per heavy atom. The lowest BCUT2D eigenvalue weighted by Gasteiger charge is -1.94. The van der Waals surface area contributed by atoms with Gasteiger partial charge in [0, 0.05) is 5.56 Å². The zero-order valence-electron chi connectivity index (χ0n) is 5.33. The predicted octanol–water partition coefficient (Wildman–Crippen LogP) is 2.15.